The molecule has 0 aliphatic carbocycles. The minimum absolute atomic E-state index is 0.0338. The average Bonchev–Trinajstić information content (AvgIpc) is 2.81. The summed E-state index contributed by atoms with van der Waals surface area (Å²) in [5.41, 5.74) is 2.00. The fourth-order valence-electron chi connectivity index (χ4n) is 3.63. The van der Waals surface area contributed by atoms with Gasteiger partial charge in [0.15, 0.2) is 5.82 Å². The number of ether oxygens (including phenoxy) is 1. The minimum atomic E-state index is -0.102. The number of rotatable bonds is 6. The van der Waals surface area contributed by atoms with E-state index < -0.39 is 0 Å². The SMILES string of the molecule is COc1ccc(NC(=O)[C@@H]2CCCN(c3nccnc3Sc3ccc(C)cc3)C2)cc1. The molecule has 2 heterocycles. The summed E-state index contributed by atoms with van der Waals surface area (Å²) in [6, 6.07) is 15.8. The number of hydrogen-bond donors (Lipinski definition) is 1. The first kappa shape index (κ1) is 21.2. The van der Waals surface area contributed by atoms with Gasteiger partial charge in [0.1, 0.15) is 10.8 Å². The Balaban J connectivity index is 1.45. The van der Waals surface area contributed by atoms with Gasteiger partial charge in [-0.05, 0) is 56.2 Å². The smallest absolute Gasteiger partial charge is 0.229 e. The topological polar surface area (TPSA) is 67.3 Å². The monoisotopic (exact) mass is 434 g/mol. The fourth-order valence-corrected chi connectivity index (χ4v) is 4.51. The summed E-state index contributed by atoms with van der Waals surface area (Å²) >= 11 is 1.60. The second-order valence-electron chi connectivity index (χ2n) is 7.60. The summed E-state index contributed by atoms with van der Waals surface area (Å²) < 4.78 is 5.18. The van der Waals surface area contributed by atoms with Crippen molar-refractivity contribution in [3.63, 3.8) is 0 Å². The number of methoxy groups -OCH3 is 1. The maximum Gasteiger partial charge on any atom is 0.229 e. The number of aryl methyl sites for hydroxylation is 1. The molecule has 6 nitrogen and oxygen atoms in total. The van der Waals surface area contributed by atoms with Gasteiger partial charge in [0, 0.05) is 36.1 Å². The molecule has 1 aliphatic heterocycles. The van der Waals surface area contributed by atoms with Crippen LogP contribution in [0.1, 0.15) is 18.4 Å². The Bertz CT molecular complexity index is 1020. The molecule has 3 aromatic rings. The molecule has 1 saturated heterocycles. The summed E-state index contributed by atoms with van der Waals surface area (Å²) in [5.74, 6) is 1.54. The third kappa shape index (κ3) is 5.35. The van der Waals surface area contributed by atoms with Crippen LogP contribution in [0, 0.1) is 12.8 Å². The number of amides is 1. The van der Waals surface area contributed by atoms with Crippen LogP contribution < -0.4 is 15.0 Å². The molecule has 1 fully saturated rings. The van der Waals surface area contributed by atoms with Crippen molar-refractivity contribution in [1.29, 1.82) is 0 Å². The molecule has 1 aliphatic rings. The van der Waals surface area contributed by atoms with E-state index in [0.717, 1.165) is 46.6 Å². The molecule has 1 amide bonds. The largest absolute Gasteiger partial charge is 0.497 e. The van der Waals surface area contributed by atoms with Crippen molar-refractivity contribution in [1.82, 2.24) is 9.97 Å². The zero-order chi connectivity index (χ0) is 21.6. The molecule has 1 N–H and O–H groups in total. The van der Waals surface area contributed by atoms with Gasteiger partial charge in [0.25, 0.3) is 0 Å². The highest BCUT2D eigenvalue weighted by Gasteiger charge is 2.28. The average molecular weight is 435 g/mol. The zero-order valence-corrected chi connectivity index (χ0v) is 18.6. The third-order valence-corrected chi connectivity index (χ3v) is 6.32. The van der Waals surface area contributed by atoms with Crippen LogP contribution in [0.2, 0.25) is 0 Å². The van der Waals surface area contributed by atoms with Crippen LogP contribution in [0.4, 0.5) is 11.5 Å². The van der Waals surface area contributed by atoms with E-state index in [9.17, 15) is 4.79 Å². The van der Waals surface area contributed by atoms with Crippen molar-refractivity contribution in [3.05, 3.63) is 66.5 Å². The van der Waals surface area contributed by atoms with Gasteiger partial charge in [0.05, 0.1) is 13.0 Å². The second-order valence-corrected chi connectivity index (χ2v) is 8.67. The lowest BCUT2D eigenvalue weighted by atomic mass is 9.97. The Hall–Kier alpha value is -3.06. The molecule has 4 rings (SSSR count). The second kappa shape index (κ2) is 9.83. The third-order valence-electron chi connectivity index (χ3n) is 5.33. The van der Waals surface area contributed by atoms with E-state index in [1.54, 1.807) is 31.3 Å². The van der Waals surface area contributed by atoms with Crippen LogP contribution in [0.5, 0.6) is 5.75 Å². The molecular weight excluding hydrogens is 408 g/mol. The maximum absolute atomic E-state index is 12.9. The summed E-state index contributed by atoms with van der Waals surface area (Å²) in [4.78, 5) is 25.4. The number of carbonyl (C=O) groups is 1. The highest BCUT2D eigenvalue weighted by molar-refractivity contribution is 7.99. The standard InChI is InChI=1S/C24H26N4O2S/c1-17-5-11-21(12-6-17)31-24-22(25-13-14-26-24)28-15-3-4-18(16-28)23(29)27-19-7-9-20(30-2)10-8-19/h5-14,18H,3-4,15-16H2,1-2H3,(H,27,29)/t18-/m1/s1. The molecule has 2 aromatic carbocycles. The molecule has 0 radical (unpaired) electrons. The van der Waals surface area contributed by atoms with E-state index in [1.807, 2.05) is 24.3 Å². The molecule has 0 bridgehead atoms. The van der Waals surface area contributed by atoms with E-state index >= 15 is 0 Å². The molecule has 0 unspecified atom stereocenters. The number of nitrogens with zero attached hydrogens (tertiary/aromatic N) is 3. The summed E-state index contributed by atoms with van der Waals surface area (Å²) in [6.07, 6.45) is 5.23. The number of aromatic nitrogens is 2. The maximum atomic E-state index is 12.9. The van der Waals surface area contributed by atoms with Gasteiger partial charge in [-0.25, -0.2) is 9.97 Å². The molecule has 1 atom stereocenters. The van der Waals surface area contributed by atoms with Crippen molar-refractivity contribution >= 4 is 29.2 Å². The highest BCUT2D eigenvalue weighted by Crippen LogP contribution is 2.34. The Morgan fingerprint density at radius 1 is 1.10 bits per heavy atom. The van der Waals surface area contributed by atoms with Crippen LogP contribution in [0.3, 0.4) is 0 Å². The Morgan fingerprint density at radius 3 is 2.58 bits per heavy atom. The Labute approximate surface area is 187 Å². The van der Waals surface area contributed by atoms with E-state index in [0.29, 0.717) is 6.54 Å². The van der Waals surface area contributed by atoms with Gasteiger partial charge in [-0.1, -0.05) is 29.5 Å². The van der Waals surface area contributed by atoms with E-state index in [2.05, 4.69) is 51.4 Å². The van der Waals surface area contributed by atoms with Crippen molar-refractivity contribution in [2.24, 2.45) is 5.92 Å². The van der Waals surface area contributed by atoms with E-state index in [1.165, 1.54) is 5.56 Å². The van der Waals surface area contributed by atoms with Crippen molar-refractivity contribution in [2.75, 3.05) is 30.4 Å². The lowest BCUT2D eigenvalue weighted by Gasteiger charge is -2.33. The predicted molar refractivity (Wildman–Crippen MR) is 124 cm³/mol. The number of piperidine rings is 1. The van der Waals surface area contributed by atoms with E-state index in [4.69, 9.17) is 4.74 Å². The first-order valence-corrected chi connectivity index (χ1v) is 11.2. The molecule has 0 saturated carbocycles. The number of benzene rings is 2. The lowest BCUT2D eigenvalue weighted by molar-refractivity contribution is -0.120. The van der Waals surface area contributed by atoms with Crippen LogP contribution in [-0.4, -0.2) is 36.1 Å². The van der Waals surface area contributed by atoms with Gasteiger partial charge in [0.2, 0.25) is 5.91 Å². The molecule has 7 heteroatoms. The van der Waals surface area contributed by atoms with Crippen molar-refractivity contribution < 1.29 is 9.53 Å². The lowest BCUT2D eigenvalue weighted by Crippen LogP contribution is -2.41. The minimum Gasteiger partial charge on any atom is -0.497 e. The number of nitrogens with one attached hydrogen (secondary N) is 1. The fraction of sp³-hybridized carbons (Fsp3) is 0.292. The Kier molecular flexibility index (Phi) is 6.72. The molecular formula is C24H26N4O2S. The first-order chi connectivity index (χ1) is 15.1. The van der Waals surface area contributed by atoms with Gasteiger partial charge in [-0.15, -0.1) is 0 Å². The predicted octanol–water partition coefficient (Wildman–Crippen LogP) is 4.80. The number of carbonyl (C=O) groups excluding carboxylic acids is 1. The summed E-state index contributed by atoms with van der Waals surface area (Å²) in [7, 11) is 1.63. The molecule has 31 heavy (non-hydrogen) atoms. The molecule has 1 aromatic heterocycles. The van der Waals surface area contributed by atoms with Gasteiger partial charge < -0.3 is 15.0 Å². The van der Waals surface area contributed by atoms with Gasteiger partial charge in [-0.3, -0.25) is 4.79 Å². The molecule has 160 valence electrons. The summed E-state index contributed by atoms with van der Waals surface area (Å²) in [6.45, 7) is 3.57. The molecule has 0 spiro atoms. The van der Waals surface area contributed by atoms with Crippen LogP contribution >= 0.6 is 11.8 Å². The van der Waals surface area contributed by atoms with E-state index in [-0.39, 0.29) is 11.8 Å². The highest BCUT2D eigenvalue weighted by atomic mass is 32.2. The zero-order valence-electron chi connectivity index (χ0n) is 17.7. The normalized spacial score (nSPS) is 16.1. The first-order valence-electron chi connectivity index (χ1n) is 10.4. The van der Waals surface area contributed by atoms with Crippen molar-refractivity contribution in [3.8, 4) is 5.75 Å². The van der Waals surface area contributed by atoms with Crippen LogP contribution in [-0.2, 0) is 4.79 Å². The van der Waals surface area contributed by atoms with Crippen molar-refractivity contribution in [2.45, 2.75) is 29.7 Å². The quantitative estimate of drug-likeness (QED) is 0.601. The van der Waals surface area contributed by atoms with Gasteiger partial charge >= 0.3 is 0 Å². The number of hydrogen-bond acceptors (Lipinski definition) is 6. The Morgan fingerprint density at radius 2 is 1.84 bits per heavy atom. The van der Waals surface area contributed by atoms with Gasteiger partial charge in [-0.2, -0.15) is 0 Å². The summed E-state index contributed by atoms with van der Waals surface area (Å²) in [5, 5.41) is 3.90. The van der Waals surface area contributed by atoms with Crippen LogP contribution in [0.25, 0.3) is 0 Å². The number of anilines is 2. The van der Waals surface area contributed by atoms with Crippen LogP contribution in [0.15, 0.2) is 70.8 Å².